The summed E-state index contributed by atoms with van der Waals surface area (Å²) < 4.78 is 18.7. The maximum atomic E-state index is 13.3. The first kappa shape index (κ1) is 15.2. The minimum absolute atomic E-state index is 0.166. The molecule has 1 atom stereocenters. The first-order chi connectivity index (χ1) is 9.76. The average molecular weight is 282 g/mol. The Morgan fingerprint density at radius 3 is 2.80 bits per heavy atom. The van der Waals surface area contributed by atoms with Gasteiger partial charge in [-0.2, -0.15) is 0 Å². The van der Waals surface area contributed by atoms with Gasteiger partial charge in [0.15, 0.2) is 0 Å². The maximum Gasteiger partial charge on any atom is 0.126 e. The summed E-state index contributed by atoms with van der Waals surface area (Å²) in [7, 11) is 1.57. The Labute approximate surface area is 119 Å². The molecule has 4 nitrogen and oxygen atoms in total. The number of benzene rings is 1. The molecular formula is C15H23FN2O2. The van der Waals surface area contributed by atoms with Gasteiger partial charge in [0.2, 0.25) is 0 Å². The van der Waals surface area contributed by atoms with Gasteiger partial charge in [0.1, 0.15) is 11.6 Å². The largest absolute Gasteiger partial charge is 0.496 e. The van der Waals surface area contributed by atoms with Crippen LogP contribution in [0.3, 0.4) is 0 Å². The second-order valence-electron chi connectivity index (χ2n) is 5.05. The van der Waals surface area contributed by atoms with Crippen molar-refractivity contribution in [3.05, 3.63) is 29.6 Å². The summed E-state index contributed by atoms with van der Waals surface area (Å²) >= 11 is 0. The number of hydrogen-bond acceptors (Lipinski definition) is 4. The number of halogens is 1. The second kappa shape index (κ2) is 7.57. The molecule has 0 spiro atoms. The molecule has 1 aromatic carbocycles. The maximum absolute atomic E-state index is 13.3. The lowest BCUT2D eigenvalue weighted by Crippen LogP contribution is -2.45. The van der Waals surface area contributed by atoms with Crippen molar-refractivity contribution in [2.24, 2.45) is 0 Å². The number of piperazine rings is 1. The fourth-order valence-electron chi connectivity index (χ4n) is 2.77. The van der Waals surface area contributed by atoms with E-state index in [1.54, 1.807) is 13.2 Å². The normalized spacial score (nSPS) is 17.9. The summed E-state index contributed by atoms with van der Waals surface area (Å²) in [5.41, 5.74) is 1.00. The van der Waals surface area contributed by atoms with Gasteiger partial charge in [0.05, 0.1) is 7.11 Å². The lowest BCUT2D eigenvalue weighted by atomic mass is 9.98. The van der Waals surface area contributed by atoms with E-state index in [2.05, 4.69) is 10.2 Å². The summed E-state index contributed by atoms with van der Waals surface area (Å²) in [6.07, 6.45) is 1.58. The zero-order valence-electron chi connectivity index (χ0n) is 11.9. The van der Waals surface area contributed by atoms with Crippen molar-refractivity contribution in [1.82, 2.24) is 10.2 Å². The van der Waals surface area contributed by atoms with E-state index in [-0.39, 0.29) is 18.5 Å². The van der Waals surface area contributed by atoms with Crippen molar-refractivity contribution in [3.63, 3.8) is 0 Å². The van der Waals surface area contributed by atoms with E-state index in [1.165, 1.54) is 12.1 Å². The van der Waals surface area contributed by atoms with E-state index in [0.29, 0.717) is 5.75 Å². The van der Waals surface area contributed by atoms with Crippen LogP contribution in [-0.4, -0.2) is 49.9 Å². The van der Waals surface area contributed by atoms with Gasteiger partial charge in [-0.15, -0.1) is 0 Å². The van der Waals surface area contributed by atoms with Crippen LogP contribution in [0.2, 0.25) is 0 Å². The Morgan fingerprint density at radius 1 is 1.40 bits per heavy atom. The van der Waals surface area contributed by atoms with Crippen LogP contribution in [0, 0.1) is 5.82 Å². The smallest absolute Gasteiger partial charge is 0.126 e. The molecule has 1 saturated heterocycles. The Hall–Kier alpha value is -1.17. The molecule has 0 radical (unpaired) electrons. The molecule has 1 fully saturated rings. The third-order valence-corrected chi connectivity index (χ3v) is 3.78. The van der Waals surface area contributed by atoms with Gasteiger partial charge in [-0.05, 0) is 18.9 Å². The quantitative estimate of drug-likeness (QED) is 0.831. The molecule has 0 aliphatic carbocycles. The number of rotatable bonds is 6. The van der Waals surface area contributed by atoms with Crippen LogP contribution in [-0.2, 0) is 0 Å². The molecule has 112 valence electrons. The SMILES string of the molecule is COc1cc(F)ccc1[C@H](CCCO)N1CCNCC1. The number of hydrogen-bond donors (Lipinski definition) is 2. The van der Waals surface area contributed by atoms with Crippen LogP contribution in [0.15, 0.2) is 18.2 Å². The monoisotopic (exact) mass is 282 g/mol. The lowest BCUT2D eigenvalue weighted by molar-refractivity contribution is 0.152. The molecule has 5 heteroatoms. The van der Waals surface area contributed by atoms with Gasteiger partial charge in [-0.3, -0.25) is 4.90 Å². The first-order valence-corrected chi connectivity index (χ1v) is 7.15. The van der Waals surface area contributed by atoms with Gasteiger partial charge in [-0.25, -0.2) is 4.39 Å². The van der Waals surface area contributed by atoms with E-state index < -0.39 is 0 Å². The summed E-state index contributed by atoms with van der Waals surface area (Å²) in [6.45, 7) is 4.00. The highest BCUT2D eigenvalue weighted by Gasteiger charge is 2.24. The molecule has 0 saturated carbocycles. The highest BCUT2D eigenvalue weighted by Crippen LogP contribution is 2.33. The van der Waals surface area contributed by atoms with E-state index in [4.69, 9.17) is 9.84 Å². The van der Waals surface area contributed by atoms with E-state index >= 15 is 0 Å². The molecule has 20 heavy (non-hydrogen) atoms. The average Bonchev–Trinajstić information content (AvgIpc) is 2.49. The van der Waals surface area contributed by atoms with Gasteiger partial charge in [-0.1, -0.05) is 6.07 Å². The van der Waals surface area contributed by atoms with Crippen LogP contribution in [0.5, 0.6) is 5.75 Å². The van der Waals surface area contributed by atoms with Crippen molar-refractivity contribution < 1.29 is 14.2 Å². The minimum atomic E-state index is -0.285. The Balaban J connectivity index is 2.24. The van der Waals surface area contributed by atoms with Gasteiger partial charge < -0.3 is 15.2 Å². The molecule has 1 aromatic rings. The van der Waals surface area contributed by atoms with Crippen molar-refractivity contribution in [3.8, 4) is 5.75 Å². The van der Waals surface area contributed by atoms with Crippen molar-refractivity contribution in [1.29, 1.82) is 0 Å². The number of methoxy groups -OCH3 is 1. The van der Waals surface area contributed by atoms with Crippen molar-refractivity contribution in [2.45, 2.75) is 18.9 Å². The number of aliphatic hydroxyl groups is 1. The fourth-order valence-corrected chi connectivity index (χ4v) is 2.77. The van der Waals surface area contributed by atoms with Gasteiger partial charge in [0.25, 0.3) is 0 Å². The summed E-state index contributed by atoms with van der Waals surface area (Å²) in [6, 6.07) is 4.88. The molecule has 1 aliphatic rings. The Morgan fingerprint density at radius 2 is 2.15 bits per heavy atom. The molecule has 0 unspecified atom stereocenters. The topological polar surface area (TPSA) is 44.7 Å². The highest BCUT2D eigenvalue weighted by molar-refractivity contribution is 5.36. The molecule has 0 amide bonds. The van der Waals surface area contributed by atoms with Crippen LogP contribution in [0.25, 0.3) is 0 Å². The number of ether oxygens (including phenoxy) is 1. The van der Waals surface area contributed by atoms with Crippen molar-refractivity contribution in [2.75, 3.05) is 39.9 Å². The molecular weight excluding hydrogens is 259 g/mol. The molecule has 1 aliphatic heterocycles. The predicted molar refractivity (Wildman–Crippen MR) is 76.5 cm³/mol. The molecule has 1 heterocycles. The highest BCUT2D eigenvalue weighted by atomic mass is 19.1. The molecule has 2 rings (SSSR count). The Bertz CT molecular complexity index is 422. The van der Waals surface area contributed by atoms with E-state index in [9.17, 15) is 4.39 Å². The molecule has 0 aromatic heterocycles. The standard InChI is InChI=1S/C15H23FN2O2/c1-20-15-11-12(16)4-5-13(15)14(3-2-10-19)18-8-6-17-7-9-18/h4-5,11,14,17,19H,2-3,6-10H2,1H3/t14-/m0/s1. The second-order valence-corrected chi connectivity index (χ2v) is 5.05. The number of aliphatic hydroxyl groups excluding tert-OH is 1. The van der Waals surface area contributed by atoms with Crippen LogP contribution >= 0.6 is 0 Å². The first-order valence-electron chi connectivity index (χ1n) is 7.15. The zero-order valence-corrected chi connectivity index (χ0v) is 11.9. The minimum Gasteiger partial charge on any atom is -0.496 e. The third-order valence-electron chi connectivity index (χ3n) is 3.78. The summed E-state index contributed by atoms with van der Waals surface area (Å²) in [5, 5.41) is 12.4. The number of nitrogens with zero attached hydrogens (tertiary/aromatic N) is 1. The predicted octanol–water partition coefficient (Wildman–Crippen LogP) is 1.55. The summed E-state index contributed by atoms with van der Waals surface area (Å²) in [5.74, 6) is 0.304. The van der Waals surface area contributed by atoms with Crippen LogP contribution in [0.4, 0.5) is 4.39 Å². The van der Waals surface area contributed by atoms with E-state index in [0.717, 1.165) is 44.6 Å². The van der Waals surface area contributed by atoms with E-state index in [1.807, 2.05) is 0 Å². The Kier molecular flexibility index (Phi) is 5.76. The number of nitrogens with one attached hydrogen (secondary N) is 1. The van der Waals surface area contributed by atoms with Gasteiger partial charge >= 0.3 is 0 Å². The molecule has 0 bridgehead atoms. The van der Waals surface area contributed by atoms with Crippen LogP contribution in [0.1, 0.15) is 24.4 Å². The summed E-state index contributed by atoms with van der Waals surface area (Å²) in [4.78, 5) is 2.38. The third kappa shape index (κ3) is 3.69. The van der Waals surface area contributed by atoms with Crippen molar-refractivity contribution >= 4 is 0 Å². The lowest BCUT2D eigenvalue weighted by Gasteiger charge is -2.35. The fraction of sp³-hybridized carbons (Fsp3) is 0.600. The molecule has 2 N–H and O–H groups in total. The van der Waals surface area contributed by atoms with Gasteiger partial charge in [0, 0.05) is 50.5 Å². The van der Waals surface area contributed by atoms with Crippen LogP contribution < -0.4 is 10.1 Å². The zero-order chi connectivity index (χ0) is 14.4.